The molecule has 0 radical (unpaired) electrons. The van der Waals surface area contributed by atoms with Gasteiger partial charge < -0.3 is 15.9 Å². The molecule has 0 aliphatic carbocycles. The first-order valence-electron chi connectivity index (χ1n) is 7.94. The van der Waals surface area contributed by atoms with Crippen molar-refractivity contribution in [1.82, 2.24) is 0 Å². The maximum Gasteiger partial charge on any atom is 0.106 e. The molecule has 24 heavy (non-hydrogen) atoms. The van der Waals surface area contributed by atoms with E-state index in [0.717, 1.165) is 22.3 Å². The zero-order chi connectivity index (χ0) is 17.1. The Morgan fingerprint density at radius 2 is 1.21 bits per heavy atom. The number of aliphatic hydroxyl groups is 2. The molecule has 0 aliphatic rings. The molecule has 0 spiro atoms. The first-order valence-corrected chi connectivity index (χ1v) is 7.94. The minimum atomic E-state index is -0.826. The highest BCUT2D eigenvalue weighted by atomic mass is 16.3. The van der Waals surface area contributed by atoms with E-state index in [1.54, 1.807) is 6.07 Å². The van der Waals surface area contributed by atoms with E-state index in [1.807, 2.05) is 73.7 Å². The molecule has 4 N–H and O–H groups in total. The van der Waals surface area contributed by atoms with Crippen molar-refractivity contribution in [3.63, 3.8) is 0 Å². The minimum Gasteiger partial charge on any atom is -0.398 e. The summed E-state index contributed by atoms with van der Waals surface area (Å²) in [5, 5.41) is 21.4. The van der Waals surface area contributed by atoms with Gasteiger partial charge in [-0.3, -0.25) is 0 Å². The molecule has 3 aromatic carbocycles. The predicted molar refractivity (Wildman–Crippen MR) is 96.6 cm³/mol. The van der Waals surface area contributed by atoms with Crippen molar-refractivity contribution in [2.75, 3.05) is 5.73 Å². The molecule has 0 fully saturated rings. The Kier molecular flexibility index (Phi) is 4.65. The topological polar surface area (TPSA) is 66.5 Å². The largest absolute Gasteiger partial charge is 0.398 e. The van der Waals surface area contributed by atoms with E-state index in [4.69, 9.17) is 5.73 Å². The molecule has 0 aliphatic heterocycles. The average molecular weight is 319 g/mol. The first kappa shape index (κ1) is 16.2. The second-order valence-electron chi connectivity index (χ2n) is 5.97. The van der Waals surface area contributed by atoms with Gasteiger partial charge in [0.25, 0.3) is 0 Å². The zero-order valence-electron chi connectivity index (χ0n) is 13.6. The fraction of sp³-hybridized carbons (Fsp3) is 0.143. The molecule has 0 aromatic heterocycles. The van der Waals surface area contributed by atoms with Crippen molar-refractivity contribution in [3.05, 3.63) is 101 Å². The van der Waals surface area contributed by atoms with Crippen LogP contribution in [0.5, 0.6) is 0 Å². The van der Waals surface area contributed by atoms with Crippen LogP contribution >= 0.6 is 0 Å². The number of rotatable bonds is 4. The number of aliphatic hydroxyl groups excluding tert-OH is 2. The van der Waals surface area contributed by atoms with Gasteiger partial charge >= 0.3 is 0 Å². The fourth-order valence-corrected chi connectivity index (χ4v) is 2.88. The summed E-state index contributed by atoms with van der Waals surface area (Å²) in [6.45, 7) is 1.89. The zero-order valence-corrected chi connectivity index (χ0v) is 13.6. The van der Waals surface area contributed by atoms with Crippen LogP contribution in [0, 0.1) is 6.92 Å². The average Bonchev–Trinajstić information content (AvgIpc) is 2.64. The van der Waals surface area contributed by atoms with Crippen LogP contribution < -0.4 is 5.73 Å². The number of nitrogen functional groups attached to an aromatic ring is 1. The molecule has 0 saturated heterocycles. The van der Waals surface area contributed by atoms with Crippen LogP contribution in [0.2, 0.25) is 0 Å². The first-order chi connectivity index (χ1) is 11.6. The normalized spacial score (nSPS) is 13.5. The molecule has 122 valence electrons. The van der Waals surface area contributed by atoms with Crippen molar-refractivity contribution >= 4 is 5.69 Å². The molecular weight excluding hydrogens is 298 g/mol. The molecule has 2 unspecified atom stereocenters. The van der Waals surface area contributed by atoms with E-state index in [0.29, 0.717) is 11.3 Å². The number of hydrogen-bond acceptors (Lipinski definition) is 3. The molecule has 0 saturated carbocycles. The van der Waals surface area contributed by atoms with Gasteiger partial charge in [-0.2, -0.15) is 0 Å². The highest BCUT2D eigenvalue weighted by Gasteiger charge is 2.19. The Morgan fingerprint density at radius 1 is 0.708 bits per heavy atom. The minimum absolute atomic E-state index is 0.551. The summed E-state index contributed by atoms with van der Waals surface area (Å²) in [4.78, 5) is 0. The van der Waals surface area contributed by atoms with Crippen LogP contribution in [-0.2, 0) is 0 Å². The van der Waals surface area contributed by atoms with Crippen LogP contribution in [0.25, 0.3) is 0 Å². The van der Waals surface area contributed by atoms with Gasteiger partial charge in [0, 0.05) is 11.3 Å². The molecule has 3 aromatic rings. The summed E-state index contributed by atoms with van der Waals surface area (Å²) in [5.74, 6) is 0. The number of benzene rings is 3. The lowest BCUT2D eigenvalue weighted by atomic mass is 9.92. The van der Waals surface area contributed by atoms with E-state index in [2.05, 4.69) is 0 Å². The van der Waals surface area contributed by atoms with Crippen LogP contribution in [-0.4, -0.2) is 10.2 Å². The summed E-state index contributed by atoms with van der Waals surface area (Å²) in [5.41, 5.74) is 10.5. The molecular formula is C21H21NO2. The maximum atomic E-state index is 10.7. The van der Waals surface area contributed by atoms with Gasteiger partial charge in [-0.1, -0.05) is 66.7 Å². The third-order valence-corrected chi connectivity index (χ3v) is 4.28. The van der Waals surface area contributed by atoms with Gasteiger partial charge in [-0.05, 0) is 35.2 Å². The number of aryl methyl sites for hydroxylation is 1. The predicted octanol–water partition coefficient (Wildman–Crippen LogP) is 3.74. The molecule has 0 bridgehead atoms. The lowest BCUT2D eigenvalue weighted by Gasteiger charge is -2.20. The van der Waals surface area contributed by atoms with Crippen molar-refractivity contribution < 1.29 is 10.2 Å². The Labute approximate surface area is 142 Å². The Bertz CT molecular complexity index is 816. The highest BCUT2D eigenvalue weighted by Crippen LogP contribution is 2.33. The van der Waals surface area contributed by atoms with Gasteiger partial charge in [-0.15, -0.1) is 0 Å². The number of hydrogen-bond donors (Lipinski definition) is 3. The number of nitrogens with two attached hydrogens (primary N) is 1. The van der Waals surface area contributed by atoms with E-state index in [9.17, 15) is 10.2 Å². The van der Waals surface area contributed by atoms with Gasteiger partial charge in [0.05, 0.1) is 0 Å². The third kappa shape index (κ3) is 3.18. The molecule has 0 heterocycles. The van der Waals surface area contributed by atoms with Crippen LogP contribution in [0.4, 0.5) is 5.69 Å². The monoisotopic (exact) mass is 319 g/mol. The van der Waals surface area contributed by atoms with Crippen molar-refractivity contribution in [2.24, 2.45) is 0 Å². The van der Waals surface area contributed by atoms with Gasteiger partial charge in [0.1, 0.15) is 12.2 Å². The van der Waals surface area contributed by atoms with E-state index < -0.39 is 12.2 Å². The van der Waals surface area contributed by atoms with Crippen molar-refractivity contribution in [1.29, 1.82) is 0 Å². The van der Waals surface area contributed by atoms with Gasteiger partial charge in [0.2, 0.25) is 0 Å². The molecule has 3 heteroatoms. The molecule has 0 amide bonds. The summed E-state index contributed by atoms with van der Waals surface area (Å²) >= 11 is 0. The van der Waals surface area contributed by atoms with Gasteiger partial charge in [0.15, 0.2) is 0 Å². The molecule has 2 atom stereocenters. The standard InChI is InChI=1S/C21H21NO2/c1-14-12-17(20(23)15-8-4-2-5-9-15)13-18(19(14)22)21(24)16-10-6-3-7-11-16/h2-13,20-21,23-24H,22H2,1H3. The summed E-state index contributed by atoms with van der Waals surface area (Å²) in [6.07, 6.45) is -1.58. The second-order valence-corrected chi connectivity index (χ2v) is 5.97. The number of anilines is 1. The van der Waals surface area contributed by atoms with Crippen LogP contribution in [0.3, 0.4) is 0 Å². The van der Waals surface area contributed by atoms with Crippen LogP contribution in [0.1, 0.15) is 40.0 Å². The second kappa shape index (κ2) is 6.87. The lowest BCUT2D eigenvalue weighted by molar-refractivity contribution is 0.214. The maximum absolute atomic E-state index is 10.7. The summed E-state index contributed by atoms with van der Waals surface area (Å²) in [7, 11) is 0. The smallest absolute Gasteiger partial charge is 0.106 e. The van der Waals surface area contributed by atoms with E-state index in [-0.39, 0.29) is 0 Å². The fourth-order valence-electron chi connectivity index (χ4n) is 2.88. The van der Waals surface area contributed by atoms with E-state index in [1.165, 1.54) is 0 Å². The molecule has 3 rings (SSSR count). The Hall–Kier alpha value is -2.62. The Balaban J connectivity index is 2.03. The lowest BCUT2D eigenvalue weighted by Crippen LogP contribution is -2.09. The van der Waals surface area contributed by atoms with Crippen molar-refractivity contribution in [2.45, 2.75) is 19.1 Å². The molecule has 3 nitrogen and oxygen atoms in total. The van der Waals surface area contributed by atoms with Crippen molar-refractivity contribution in [3.8, 4) is 0 Å². The SMILES string of the molecule is Cc1cc(C(O)c2ccccc2)cc(C(O)c2ccccc2)c1N. The summed E-state index contributed by atoms with van der Waals surface area (Å²) in [6, 6.07) is 22.5. The summed E-state index contributed by atoms with van der Waals surface area (Å²) < 4.78 is 0. The van der Waals surface area contributed by atoms with Crippen LogP contribution in [0.15, 0.2) is 72.8 Å². The third-order valence-electron chi connectivity index (χ3n) is 4.28. The van der Waals surface area contributed by atoms with E-state index >= 15 is 0 Å². The quantitative estimate of drug-likeness (QED) is 0.642. The van der Waals surface area contributed by atoms with Gasteiger partial charge in [-0.25, -0.2) is 0 Å². The Morgan fingerprint density at radius 3 is 1.75 bits per heavy atom. The highest BCUT2D eigenvalue weighted by molar-refractivity contribution is 5.58.